The molecule has 1 radical (unpaired) electrons. The number of likely N-dealkylation sites (N-methyl/N-ethyl adjacent to an activating group) is 1. The van der Waals surface area contributed by atoms with E-state index in [0.29, 0.717) is 17.8 Å². The van der Waals surface area contributed by atoms with E-state index in [-0.39, 0.29) is 12.3 Å². The van der Waals surface area contributed by atoms with Crippen molar-refractivity contribution in [2.24, 2.45) is 5.73 Å². The number of fused-ring (bicyclic) bond motifs is 1. The number of hydrogen-bond acceptors (Lipinski definition) is 4. The lowest BCUT2D eigenvalue weighted by atomic mass is 10.1. The summed E-state index contributed by atoms with van der Waals surface area (Å²) >= 11 is 0. The topological polar surface area (TPSA) is 115 Å². The fraction of sp³-hybridized carbons (Fsp3) is 0.222. The molecule has 1 amide bonds. The number of primary amides is 1. The molecule has 2 heterocycles. The second kappa shape index (κ2) is 6.92. The molecule has 0 bridgehead atoms. The lowest BCUT2D eigenvalue weighted by Gasteiger charge is -2.14. The number of nitrogens with zero attached hydrogens (tertiary/aromatic N) is 1. The fourth-order valence-corrected chi connectivity index (χ4v) is 2.75. The number of pyridine rings is 1. The van der Waals surface area contributed by atoms with Gasteiger partial charge in [0.25, 0.3) is 11.5 Å². The molecule has 0 aliphatic rings. The Balaban J connectivity index is 1.94. The molecule has 7 nitrogen and oxygen atoms in total. The van der Waals surface area contributed by atoms with Crippen molar-refractivity contribution in [2.75, 3.05) is 20.2 Å². The maximum Gasteiger partial charge on any atom is 0.265 e. The minimum absolute atomic E-state index is 0.0425. The van der Waals surface area contributed by atoms with Crippen LogP contribution < -0.4 is 11.3 Å². The minimum Gasteiger partial charge on any atom is -0.395 e. The lowest BCUT2D eigenvalue weighted by molar-refractivity contribution is 0.0995. The van der Waals surface area contributed by atoms with Gasteiger partial charge in [0.1, 0.15) is 5.69 Å². The first kappa shape index (κ1) is 16.9. The van der Waals surface area contributed by atoms with Crippen molar-refractivity contribution in [2.45, 2.75) is 6.54 Å². The predicted molar refractivity (Wildman–Crippen MR) is 95.1 cm³/mol. The molecule has 0 atom stereocenters. The van der Waals surface area contributed by atoms with Gasteiger partial charge < -0.3 is 20.8 Å². The van der Waals surface area contributed by atoms with Gasteiger partial charge in [0.2, 0.25) is 0 Å². The Bertz CT molecular complexity index is 974. The summed E-state index contributed by atoms with van der Waals surface area (Å²) in [5.41, 5.74) is 7.75. The number of aliphatic hydroxyl groups is 1. The highest BCUT2D eigenvalue weighted by molar-refractivity contribution is 5.91. The summed E-state index contributed by atoms with van der Waals surface area (Å²) in [6.07, 6.45) is 0. The molecule has 0 aliphatic carbocycles. The summed E-state index contributed by atoms with van der Waals surface area (Å²) in [6.45, 7) is 1.44. The number of benzene rings is 1. The van der Waals surface area contributed by atoms with E-state index in [0.717, 1.165) is 23.0 Å². The second-order valence-electron chi connectivity index (χ2n) is 5.96. The van der Waals surface area contributed by atoms with E-state index in [4.69, 9.17) is 10.8 Å². The Kier molecular flexibility index (Phi) is 4.69. The maximum absolute atomic E-state index is 12.2. The third-order valence-corrected chi connectivity index (χ3v) is 4.00. The maximum atomic E-state index is 12.2. The molecule has 5 N–H and O–H groups in total. The van der Waals surface area contributed by atoms with Gasteiger partial charge in [-0.3, -0.25) is 14.5 Å². The van der Waals surface area contributed by atoms with Gasteiger partial charge in [-0.05, 0) is 36.9 Å². The first-order chi connectivity index (χ1) is 12.0. The highest BCUT2D eigenvalue weighted by Gasteiger charge is 2.11. The quantitative estimate of drug-likeness (QED) is 0.533. The second-order valence-corrected chi connectivity index (χ2v) is 5.96. The van der Waals surface area contributed by atoms with Crippen molar-refractivity contribution < 1.29 is 9.90 Å². The third-order valence-electron chi connectivity index (χ3n) is 4.00. The van der Waals surface area contributed by atoms with Crippen LogP contribution in [0.1, 0.15) is 16.1 Å². The van der Waals surface area contributed by atoms with Crippen LogP contribution in [0.25, 0.3) is 22.2 Å². The Hall–Kier alpha value is -2.90. The smallest absolute Gasteiger partial charge is 0.265 e. The van der Waals surface area contributed by atoms with Crippen molar-refractivity contribution in [3.63, 3.8) is 0 Å². The van der Waals surface area contributed by atoms with Gasteiger partial charge in [0.15, 0.2) is 0 Å². The molecule has 0 unspecified atom stereocenters. The molecule has 3 aromatic rings. The number of rotatable bonds is 6. The molecule has 25 heavy (non-hydrogen) atoms. The third kappa shape index (κ3) is 3.62. The number of carbonyl (C=O) groups is 1. The number of nitrogens with two attached hydrogens (primary N) is 1. The standard InChI is InChI=1S/C18H19N4O3/c1-22(6-7-23)10-11-2-4-14-12(8-11)9-16(20-14)13-3-5-15(17(19)24)21-18(13)25/h2-4,8-9,20,23H,6-7,10H2,1H3,(H2,19,24)(H,21,25). The Morgan fingerprint density at radius 1 is 1.32 bits per heavy atom. The molecule has 0 aliphatic heterocycles. The number of aromatic amines is 2. The predicted octanol–water partition coefficient (Wildman–Crippen LogP) is 0.846. The van der Waals surface area contributed by atoms with E-state index in [9.17, 15) is 9.59 Å². The van der Waals surface area contributed by atoms with E-state index >= 15 is 0 Å². The van der Waals surface area contributed by atoms with Crippen molar-refractivity contribution in [1.82, 2.24) is 14.9 Å². The minimum atomic E-state index is -0.725. The monoisotopic (exact) mass is 339 g/mol. The van der Waals surface area contributed by atoms with Gasteiger partial charge in [-0.1, -0.05) is 6.07 Å². The number of aromatic nitrogens is 2. The summed E-state index contributed by atoms with van der Waals surface area (Å²) in [7, 11) is 1.94. The number of nitrogens with one attached hydrogen (secondary N) is 2. The van der Waals surface area contributed by atoms with Crippen LogP contribution in [-0.4, -0.2) is 46.1 Å². The summed E-state index contributed by atoms with van der Waals surface area (Å²) in [5, 5.41) is 9.96. The average Bonchev–Trinajstić information content (AvgIpc) is 2.97. The van der Waals surface area contributed by atoms with Crippen LogP contribution in [0.5, 0.6) is 0 Å². The first-order valence-corrected chi connectivity index (χ1v) is 7.84. The summed E-state index contributed by atoms with van der Waals surface area (Å²) in [6, 6.07) is 12.0. The highest BCUT2D eigenvalue weighted by atomic mass is 16.3. The van der Waals surface area contributed by atoms with Gasteiger partial charge in [-0.25, -0.2) is 0 Å². The first-order valence-electron chi connectivity index (χ1n) is 7.84. The molecule has 0 spiro atoms. The zero-order chi connectivity index (χ0) is 18.0. The molecule has 129 valence electrons. The highest BCUT2D eigenvalue weighted by Crippen LogP contribution is 2.23. The molecule has 0 saturated carbocycles. The number of carbonyl (C=O) groups excluding carboxylic acids is 1. The lowest BCUT2D eigenvalue weighted by Crippen LogP contribution is -2.21. The van der Waals surface area contributed by atoms with E-state index in [1.54, 1.807) is 0 Å². The van der Waals surface area contributed by atoms with Crippen LogP contribution in [0.4, 0.5) is 0 Å². The van der Waals surface area contributed by atoms with Crippen LogP contribution in [0.15, 0.2) is 35.1 Å². The van der Waals surface area contributed by atoms with Crippen molar-refractivity contribution in [3.05, 3.63) is 58.0 Å². The van der Waals surface area contributed by atoms with Gasteiger partial charge in [0, 0.05) is 30.1 Å². The Morgan fingerprint density at radius 3 is 2.80 bits per heavy atom. The molecule has 0 saturated heterocycles. The molecular formula is C18H19N4O3. The Morgan fingerprint density at radius 2 is 2.12 bits per heavy atom. The van der Waals surface area contributed by atoms with Crippen molar-refractivity contribution >= 4 is 16.8 Å². The van der Waals surface area contributed by atoms with Crippen LogP contribution in [-0.2, 0) is 6.54 Å². The largest absolute Gasteiger partial charge is 0.395 e. The van der Waals surface area contributed by atoms with E-state index in [2.05, 4.69) is 16.0 Å². The van der Waals surface area contributed by atoms with Crippen LogP contribution in [0.3, 0.4) is 0 Å². The van der Waals surface area contributed by atoms with Gasteiger partial charge in [0.05, 0.1) is 17.9 Å². The van der Waals surface area contributed by atoms with E-state index in [1.807, 2.05) is 36.2 Å². The zero-order valence-electron chi connectivity index (χ0n) is 13.8. The number of amides is 1. The molecule has 0 fully saturated rings. The SMILES string of the molecule is CN(CCO)Cc1ccc2[nH]c(-c3c[c]c(C(N)=O)[nH]c3=O)cc2c1. The molecule has 2 aromatic heterocycles. The summed E-state index contributed by atoms with van der Waals surface area (Å²) in [4.78, 5) is 30.9. The summed E-state index contributed by atoms with van der Waals surface area (Å²) in [5.74, 6) is -0.725. The molecule has 3 rings (SSSR count). The van der Waals surface area contributed by atoms with Crippen LogP contribution in [0.2, 0.25) is 0 Å². The number of H-pyrrole nitrogens is 2. The van der Waals surface area contributed by atoms with Gasteiger partial charge in [-0.15, -0.1) is 0 Å². The number of hydrogen-bond donors (Lipinski definition) is 4. The molecule has 1 aromatic carbocycles. The van der Waals surface area contributed by atoms with Crippen LogP contribution in [0, 0.1) is 6.07 Å². The van der Waals surface area contributed by atoms with Crippen molar-refractivity contribution in [1.29, 1.82) is 0 Å². The number of aliphatic hydroxyl groups excluding tert-OH is 1. The summed E-state index contributed by atoms with van der Waals surface area (Å²) < 4.78 is 0. The fourth-order valence-electron chi connectivity index (χ4n) is 2.75. The van der Waals surface area contributed by atoms with Crippen LogP contribution >= 0.6 is 0 Å². The molecule has 7 heteroatoms. The molecular weight excluding hydrogens is 320 g/mol. The average molecular weight is 339 g/mol. The normalized spacial score (nSPS) is 11.3. The zero-order valence-corrected chi connectivity index (χ0v) is 13.8. The Labute approximate surface area is 144 Å². The van der Waals surface area contributed by atoms with Gasteiger partial charge in [-0.2, -0.15) is 0 Å². The van der Waals surface area contributed by atoms with Crippen molar-refractivity contribution in [3.8, 4) is 11.3 Å². The van der Waals surface area contributed by atoms with E-state index in [1.165, 1.54) is 6.07 Å². The van der Waals surface area contributed by atoms with Gasteiger partial charge >= 0.3 is 0 Å². The van der Waals surface area contributed by atoms with E-state index < -0.39 is 11.5 Å².